The third-order valence-electron chi connectivity index (χ3n) is 1.75. The van der Waals surface area contributed by atoms with Crippen LogP contribution in [0.25, 0.3) is 0 Å². The molecule has 1 rings (SSSR count). The first kappa shape index (κ1) is 12.2. The van der Waals surface area contributed by atoms with Gasteiger partial charge in [0.15, 0.2) is 0 Å². The Balaban J connectivity index is 0.00000144. The highest BCUT2D eigenvalue weighted by atomic mass is 35.5. The summed E-state index contributed by atoms with van der Waals surface area (Å²) in [6.07, 6.45) is 0.327. The fraction of sp³-hybridized carbons (Fsp3) is 0.714. The summed E-state index contributed by atoms with van der Waals surface area (Å²) < 4.78 is 0. The molecule has 2 amide bonds. The molecule has 0 aromatic heterocycles. The Morgan fingerprint density at radius 2 is 2.31 bits per heavy atom. The minimum absolute atomic E-state index is 0. The van der Waals surface area contributed by atoms with Crippen LogP contribution in [0.15, 0.2) is 0 Å². The third kappa shape index (κ3) is 3.61. The molecule has 0 aromatic carbocycles. The molecular formula is C7H14ClN3O2. The first-order chi connectivity index (χ1) is 5.74. The van der Waals surface area contributed by atoms with Gasteiger partial charge < -0.3 is 16.0 Å². The molecule has 13 heavy (non-hydrogen) atoms. The van der Waals surface area contributed by atoms with Crippen molar-refractivity contribution < 1.29 is 9.59 Å². The summed E-state index contributed by atoms with van der Waals surface area (Å²) >= 11 is 0. The van der Waals surface area contributed by atoms with Gasteiger partial charge in [0.25, 0.3) is 0 Å². The number of halogens is 1. The molecule has 1 aliphatic heterocycles. The van der Waals surface area contributed by atoms with Crippen LogP contribution in [0.2, 0.25) is 0 Å². The molecule has 1 heterocycles. The van der Waals surface area contributed by atoms with Crippen LogP contribution in [0.1, 0.15) is 6.42 Å². The summed E-state index contributed by atoms with van der Waals surface area (Å²) in [5.41, 5.74) is 5.22. The molecule has 0 aliphatic carbocycles. The van der Waals surface area contributed by atoms with E-state index in [9.17, 15) is 9.59 Å². The summed E-state index contributed by atoms with van der Waals surface area (Å²) in [4.78, 5) is 23.6. The number of nitrogens with two attached hydrogens (primary N) is 1. The highest BCUT2D eigenvalue weighted by Gasteiger charge is 2.19. The van der Waals surface area contributed by atoms with Crippen LogP contribution >= 0.6 is 12.4 Å². The molecule has 0 unspecified atom stereocenters. The van der Waals surface area contributed by atoms with E-state index < -0.39 is 0 Å². The van der Waals surface area contributed by atoms with Gasteiger partial charge in [0.1, 0.15) is 0 Å². The predicted molar refractivity (Wildman–Crippen MR) is 50.5 cm³/mol. The lowest BCUT2D eigenvalue weighted by molar-refractivity contribution is -0.138. The Bertz CT molecular complexity index is 198. The van der Waals surface area contributed by atoms with Crippen LogP contribution in [0.5, 0.6) is 0 Å². The Labute approximate surface area is 83.0 Å². The zero-order valence-corrected chi connectivity index (χ0v) is 8.10. The molecule has 3 N–H and O–H groups in total. The van der Waals surface area contributed by atoms with Crippen molar-refractivity contribution in [3.63, 3.8) is 0 Å². The molecular weight excluding hydrogens is 194 g/mol. The quantitative estimate of drug-likeness (QED) is 0.592. The maximum atomic E-state index is 11.2. The lowest BCUT2D eigenvalue weighted by Gasteiger charge is -2.26. The summed E-state index contributed by atoms with van der Waals surface area (Å²) in [6, 6.07) is 0. The number of hydrogen-bond donors (Lipinski definition) is 2. The molecule has 76 valence electrons. The van der Waals surface area contributed by atoms with Gasteiger partial charge in [-0.2, -0.15) is 0 Å². The van der Waals surface area contributed by atoms with E-state index in [1.165, 1.54) is 4.90 Å². The summed E-state index contributed by atoms with van der Waals surface area (Å²) in [6.45, 7) is 1.68. The fourth-order valence-corrected chi connectivity index (χ4v) is 1.13. The van der Waals surface area contributed by atoms with Crippen molar-refractivity contribution in [2.75, 3.05) is 26.2 Å². The second kappa shape index (κ2) is 5.77. The minimum atomic E-state index is -0.0911. The van der Waals surface area contributed by atoms with Gasteiger partial charge in [-0.3, -0.25) is 9.59 Å². The lowest BCUT2D eigenvalue weighted by Crippen LogP contribution is -2.50. The van der Waals surface area contributed by atoms with E-state index in [4.69, 9.17) is 5.73 Å². The summed E-state index contributed by atoms with van der Waals surface area (Å²) in [7, 11) is 0. The van der Waals surface area contributed by atoms with Crippen LogP contribution in [0, 0.1) is 0 Å². The molecule has 1 saturated heterocycles. The standard InChI is InChI=1S/C7H13N3O2.ClH/c8-2-1-7(12)10-4-3-9-6(11)5-10;/h1-5,8H2,(H,9,11);1H. The smallest absolute Gasteiger partial charge is 0.239 e. The van der Waals surface area contributed by atoms with Gasteiger partial charge in [-0.15, -0.1) is 12.4 Å². The predicted octanol–water partition coefficient (Wildman–Crippen LogP) is -1.28. The number of carbonyl (C=O) groups excluding carboxylic acids is 2. The van der Waals surface area contributed by atoms with Gasteiger partial charge in [-0.1, -0.05) is 0 Å². The first-order valence-electron chi connectivity index (χ1n) is 3.98. The van der Waals surface area contributed by atoms with Gasteiger partial charge in [-0.05, 0) is 0 Å². The van der Waals surface area contributed by atoms with E-state index in [1.54, 1.807) is 0 Å². The molecule has 0 aromatic rings. The Hall–Kier alpha value is -0.810. The first-order valence-corrected chi connectivity index (χ1v) is 3.98. The lowest BCUT2D eigenvalue weighted by atomic mass is 10.3. The summed E-state index contributed by atoms with van der Waals surface area (Å²) in [5.74, 6) is -0.126. The van der Waals surface area contributed by atoms with Gasteiger partial charge in [-0.25, -0.2) is 0 Å². The van der Waals surface area contributed by atoms with Crippen LogP contribution in [-0.4, -0.2) is 42.9 Å². The van der Waals surface area contributed by atoms with Crippen molar-refractivity contribution >= 4 is 24.2 Å². The van der Waals surface area contributed by atoms with Gasteiger partial charge in [0.2, 0.25) is 11.8 Å². The van der Waals surface area contributed by atoms with E-state index >= 15 is 0 Å². The SMILES string of the molecule is Cl.NCCC(=O)N1CCNC(=O)C1. The second-order valence-electron chi connectivity index (χ2n) is 2.70. The Morgan fingerprint density at radius 3 is 2.85 bits per heavy atom. The maximum absolute atomic E-state index is 11.2. The topological polar surface area (TPSA) is 75.4 Å². The fourth-order valence-electron chi connectivity index (χ4n) is 1.13. The molecule has 5 nitrogen and oxygen atoms in total. The highest BCUT2D eigenvalue weighted by Crippen LogP contribution is 1.96. The van der Waals surface area contributed by atoms with Crippen molar-refractivity contribution in [3.8, 4) is 0 Å². The number of amides is 2. The Morgan fingerprint density at radius 1 is 1.62 bits per heavy atom. The van der Waals surface area contributed by atoms with Crippen molar-refractivity contribution in [3.05, 3.63) is 0 Å². The van der Waals surface area contributed by atoms with Gasteiger partial charge in [0, 0.05) is 26.1 Å². The molecule has 0 atom stereocenters. The number of carbonyl (C=O) groups is 2. The maximum Gasteiger partial charge on any atom is 0.239 e. The highest BCUT2D eigenvalue weighted by molar-refractivity contribution is 5.86. The number of piperazine rings is 1. The number of nitrogens with one attached hydrogen (secondary N) is 1. The van der Waals surface area contributed by atoms with Crippen LogP contribution < -0.4 is 11.1 Å². The third-order valence-corrected chi connectivity index (χ3v) is 1.75. The van der Waals surface area contributed by atoms with Gasteiger partial charge >= 0.3 is 0 Å². The molecule has 0 saturated carbocycles. The number of nitrogens with zero attached hydrogens (tertiary/aromatic N) is 1. The largest absolute Gasteiger partial charge is 0.353 e. The number of hydrogen-bond acceptors (Lipinski definition) is 3. The van der Waals surface area contributed by atoms with Crippen LogP contribution in [0.3, 0.4) is 0 Å². The van der Waals surface area contributed by atoms with E-state index in [1.807, 2.05) is 0 Å². The van der Waals surface area contributed by atoms with E-state index in [0.29, 0.717) is 26.1 Å². The van der Waals surface area contributed by atoms with Gasteiger partial charge in [0.05, 0.1) is 6.54 Å². The van der Waals surface area contributed by atoms with Crippen molar-refractivity contribution in [2.45, 2.75) is 6.42 Å². The average Bonchev–Trinajstić information content (AvgIpc) is 2.05. The average molecular weight is 208 g/mol. The number of rotatable bonds is 2. The summed E-state index contributed by atoms with van der Waals surface area (Å²) in [5, 5.41) is 2.64. The molecule has 1 fully saturated rings. The Kier molecular flexibility index (Phi) is 5.41. The van der Waals surface area contributed by atoms with E-state index in [0.717, 1.165) is 0 Å². The van der Waals surface area contributed by atoms with Crippen LogP contribution in [0.4, 0.5) is 0 Å². The molecule has 0 spiro atoms. The molecule has 0 radical (unpaired) electrons. The normalized spacial score (nSPS) is 16.1. The van der Waals surface area contributed by atoms with Crippen molar-refractivity contribution in [1.29, 1.82) is 0 Å². The molecule has 1 aliphatic rings. The molecule has 0 bridgehead atoms. The molecule has 6 heteroatoms. The van der Waals surface area contributed by atoms with Crippen LogP contribution in [-0.2, 0) is 9.59 Å². The minimum Gasteiger partial charge on any atom is -0.353 e. The zero-order chi connectivity index (χ0) is 8.97. The van der Waals surface area contributed by atoms with Crippen molar-refractivity contribution in [1.82, 2.24) is 10.2 Å². The monoisotopic (exact) mass is 207 g/mol. The van der Waals surface area contributed by atoms with E-state index in [2.05, 4.69) is 5.32 Å². The van der Waals surface area contributed by atoms with E-state index in [-0.39, 0.29) is 30.8 Å². The second-order valence-corrected chi connectivity index (χ2v) is 2.70. The van der Waals surface area contributed by atoms with Crippen molar-refractivity contribution in [2.24, 2.45) is 5.73 Å². The zero-order valence-electron chi connectivity index (χ0n) is 7.28.